The zero-order valence-corrected chi connectivity index (χ0v) is 16.3. The fourth-order valence-electron chi connectivity index (χ4n) is 2.84. The number of nitrogens with zero attached hydrogens (tertiary/aromatic N) is 2. The van der Waals surface area contributed by atoms with E-state index < -0.39 is 23.1 Å². The lowest BCUT2D eigenvalue weighted by Crippen LogP contribution is -2.22. The number of carbonyl (C=O) groups excluding carboxylic acids is 4. The van der Waals surface area contributed by atoms with Gasteiger partial charge in [0.25, 0.3) is 12.5 Å². The average Bonchev–Trinajstić information content (AvgIpc) is 2.83. The molecule has 154 valence electrons. The van der Waals surface area contributed by atoms with E-state index in [1.165, 1.54) is 85.3 Å². The summed E-state index contributed by atoms with van der Waals surface area (Å²) >= 11 is 0. The molecule has 0 saturated heterocycles. The van der Waals surface area contributed by atoms with Crippen LogP contribution in [0, 0.1) is 23.0 Å². The van der Waals surface area contributed by atoms with Gasteiger partial charge in [-0.15, -0.1) is 10.5 Å². The summed E-state index contributed by atoms with van der Waals surface area (Å²) in [5.41, 5.74) is -0.362. The lowest BCUT2D eigenvalue weighted by molar-refractivity contribution is 0.0801. The van der Waals surface area contributed by atoms with E-state index in [1.54, 1.807) is 0 Å². The Kier molecular flexibility index (Phi) is 6.50. The Balaban J connectivity index is 1.87. The number of ether oxygens (including phenoxy) is 2. The molecule has 3 aromatic rings. The highest BCUT2D eigenvalue weighted by molar-refractivity contribution is 6.54. The lowest BCUT2D eigenvalue weighted by Gasteiger charge is -2.08. The van der Waals surface area contributed by atoms with E-state index in [0.717, 1.165) is 0 Å². The van der Waals surface area contributed by atoms with Crippen molar-refractivity contribution in [1.82, 2.24) is 0 Å². The predicted octanol–water partition coefficient (Wildman–Crippen LogP) is 3.54. The van der Waals surface area contributed by atoms with Gasteiger partial charge in [0.1, 0.15) is 11.5 Å². The minimum absolute atomic E-state index is 0.0296. The molecule has 0 N–H and O–H groups in total. The molecular formula is C24H12N2O6. The van der Waals surface area contributed by atoms with Crippen LogP contribution >= 0.6 is 0 Å². The van der Waals surface area contributed by atoms with Crippen LogP contribution in [0.1, 0.15) is 41.4 Å². The van der Waals surface area contributed by atoms with Crippen molar-refractivity contribution in [3.05, 3.63) is 95.1 Å². The first-order chi connectivity index (χ1) is 15.5. The zero-order valence-electron chi connectivity index (χ0n) is 16.3. The van der Waals surface area contributed by atoms with Crippen molar-refractivity contribution in [3.8, 4) is 24.0 Å². The van der Waals surface area contributed by atoms with Crippen molar-refractivity contribution in [2.45, 2.75) is 0 Å². The van der Waals surface area contributed by atoms with Gasteiger partial charge in [-0.3, -0.25) is 19.2 Å². The van der Waals surface area contributed by atoms with Crippen molar-refractivity contribution in [2.75, 3.05) is 0 Å². The second-order valence-corrected chi connectivity index (χ2v) is 6.30. The number of hydrogen-bond donors (Lipinski definition) is 0. The molecule has 3 aromatic carbocycles. The summed E-state index contributed by atoms with van der Waals surface area (Å²) < 4.78 is 9.26. The molecule has 0 aliphatic heterocycles. The van der Waals surface area contributed by atoms with Crippen LogP contribution in [-0.4, -0.2) is 23.1 Å². The Morgan fingerprint density at radius 2 is 0.875 bits per heavy atom. The highest BCUT2D eigenvalue weighted by Gasteiger charge is 2.27. The quantitative estimate of drug-likeness (QED) is 0.304. The van der Waals surface area contributed by atoms with E-state index in [9.17, 15) is 19.2 Å². The van der Waals surface area contributed by atoms with Gasteiger partial charge in [0.2, 0.25) is 23.1 Å². The van der Waals surface area contributed by atoms with Crippen molar-refractivity contribution in [1.29, 1.82) is 10.5 Å². The Morgan fingerprint density at radius 1 is 0.531 bits per heavy atom. The molecule has 0 heterocycles. The van der Waals surface area contributed by atoms with Crippen LogP contribution in [0.4, 0.5) is 0 Å². The second-order valence-electron chi connectivity index (χ2n) is 6.30. The molecular weight excluding hydrogens is 412 g/mol. The standard InChI is InChI=1S/C24H12N2O6/c25-13-31-17-9-5-15(6-10-17)21(27)23(29)19-3-1-2-4-20(19)24(30)22(28)16-7-11-18(12-8-16)32-14-26/h1-12H. The number of Topliss-reactive ketones (excluding diaryl/α,β-unsaturated/α-hetero) is 4. The minimum atomic E-state index is -0.964. The van der Waals surface area contributed by atoms with Crippen molar-refractivity contribution >= 4 is 23.1 Å². The molecule has 8 heteroatoms. The van der Waals surface area contributed by atoms with Crippen LogP contribution < -0.4 is 9.47 Å². The third-order valence-electron chi connectivity index (χ3n) is 4.39. The minimum Gasteiger partial charge on any atom is -0.388 e. The molecule has 0 fully saturated rings. The van der Waals surface area contributed by atoms with Crippen LogP contribution in [0.15, 0.2) is 72.8 Å². The van der Waals surface area contributed by atoms with Gasteiger partial charge in [-0.05, 0) is 48.5 Å². The molecule has 0 aromatic heterocycles. The van der Waals surface area contributed by atoms with E-state index in [0.29, 0.717) is 0 Å². The van der Waals surface area contributed by atoms with E-state index in [4.69, 9.17) is 10.5 Å². The molecule has 0 unspecified atom stereocenters. The normalized spacial score (nSPS) is 9.69. The summed E-state index contributed by atoms with van der Waals surface area (Å²) in [4.78, 5) is 50.9. The van der Waals surface area contributed by atoms with Crippen molar-refractivity contribution in [2.24, 2.45) is 0 Å². The fraction of sp³-hybridized carbons (Fsp3) is 0. The zero-order chi connectivity index (χ0) is 23.1. The SMILES string of the molecule is N#COc1ccc(C(=O)C(=O)c2ccccc2C(=O)C(=O)c2ccc(OC#N)cc2)cc1. The Bertz CT molecular complexity index is 1190. The number of hydrogen-bond acceptors (Lipinski definition) is 8. The van der Waals surface area contributed by atoms with E-state index in [-0.39, 0.29) is 33.8 Å². The van der Waals surface area contributed by atoms with Crippen LogP contribution in [0.3, 0.4) is 0 Å². The molecule has 0 aliphatic rings. The fourth-order valence-corrected chi connectivity index (χ4v) is 2.84. The number of rotatable bonds is 8. The molecule has 0 atom stereocenters. The average molecular weight is 424 g/mol. The monoisotopic (exact) mass is 424 g/mol. The topological polar surface area (TPSA) is 134 Å². The third-order valence-corrected chi connectivity index (χ3v) is 4.39. The van der Waals surface area contributed by atoms with Crippen LogP contribution in [-0.2, 0) is 0 Å². The molecule has 0 aliphatic carbocycles. The third kappa shape index (κ3) is 4.56. The van der Waals surface area contributed by atoms with E-state index >= 15 is 0 Å². The maximum atomic E-state index is 12.8. The molecule has 32 heavy (non-hydrogen) atoms. The molecule has 0 spiro atoms. The Labute approximate surface area is 181 Å². The number of ketones is 4. The summed E-state index contributed by atoms with van der Waals surface area (Å²) in [7, 11) is 0. The Morgan fingerprint density at radius 3 is 1.19 bits per heavy atom. The van der Waals surface area contributed by atoms with Gasteiger partial charge >= 0.3 is 0 Å². The predicted molar refractivity (Wildman–Crippen MR) is 109 cm³/mol. The maximum Gasteiger partial charge on any atom is 0.292 e. The summed E-state index contributed by atoms with van der Waals surface area (Å²) in [5.74, 6) is -3.31. The highest BCUT2D eigenvalue weighted by atomic mass is 16.5. The summed E-state index contributed by atoms with van der Waals surface area (Å²) in [6, 6.07) is 16.2. The summed E-state index contributed by atoms with van der Waals surface area (Å²) in [6.45, 7) is 0. The van der Waals surface area contributed by atoms with E-state index in [2.05, 4.69) is 9.47 Å². The summed E-state index contributed by atoms with van der Waals surface area (Å²) in [6.07, 6.45) is 2.98. The highest BCUT2D eigenvalue weighted by Crippen LogP contribution is 2.19. The molecule has 0 saturated carbocycles. The largest absolute Gasteiger partial charge is 0.388 e. The van der Waals surface area contributed by atoms with Gasteiger partial charge < -0.3 is 9.47 Å². The first kappa shape index (κ1) is 21.6. The van der Waals surface area contributed by atoms with Gasteiger partial charge in [0, 0.05) is 22.3 Å². The number of nitriles is 2. The summed E-state index contributed by atoms with van der Waals surface area (Å²) in [5, 5.41) is 17.0. The van der Waals surface area contributed by atoms with Gasteiger partial charge in [-0.2, -0.15) is 0 Å². The molecule has 0 amide bonds. The van der Waals surface area contributed by atoms with Gasteiger partial charge in [-0.1, -0.05) is 24.3 Å². The number of benzene rings is 3. The van der Waals surface area contributed by atoms with Crippen molar-refractivity contribution < 1.29 is 28.7 Å². The van der Waals surface area contributed by atoms with Crippen molar-refractivity contribution in [3.63, 3.8) is 0 Å². The number of carbonyl (C=O) groups is 4. The molecule has 0 bridgehead atoms. The second kappa shape index (κ2) is 9.61. The van der Waals surface area contributed by atoms with Crippen LogP contribution in [0.25, 0.3) is 0 Å². The van der Waals surface area contributed by atoms with Crippen LogP contribution in [0.2, 0.25) is 0 Å². The molecule has 8 nitrogen and oxygen atoms in total. The lowest BCUT2D eigenvalue weighted by atomic mass is 9.92. The smallest absolute Gasteiger partial charge is 0.292 e. The van der Waals surface area contributed by atoms with Gasteiger partial charge in [-0.25, -0.2) is 0 Å². The van der Waals surface area contributed by atoms with Crippen LogP contribution in [0.5, 0.6) is 11.5 Å². The first-order valence-electron chi connectivity index (χ1n) is 9.05. The first-order valence-corrected chi connectivity index (χ1v) is 9.05. The van der Waals surface area contributed by atoms with Gasteiger partial charge in [0.05, 0.1) is 0 Å². The Hall–Kier alpha value is -5.08. The maximum absolute atomic E-state index is 12.8. The van der Waals surface area contributed by atoms with E-state index in [1.807, 2.05) is 0 Å². The molecule has 0 radical (unpaired) electrons. The molecule has 3 rings (SSSR count). The van der Waals surface area contributed by atoms with Gasteiger partial charge in [0.15, 0.2) is 0 Å².